The van der Waals surface area contributed by atoms with Crippen molar-refractivity contribution in [2.45, 2.75) is 6.92 Å². The lowest BCUT2D eigenvalue weighted by Gasteiger charge is -2.06. The molecule has 0 fully saturated rings. The summed E-state index contributed by atoms with van der Waals surface area (Å²) < 4.78 is 10.5. The van der Waals surface area contributed by atoms with Gasteiger partial charge in [0.2, 0.25) is 0 Å². The zero-order valence-electron chi connectivity index (χ0n) is 10.6. The monoisotopic (exact) mass is 235 g/mol. The van der Waals surface area contributed by atoms with Crippen LogP contribution in [0, 0.1) is 0 Å². The van der Waals surface area contributed by atoms with Crippen LogP contribution in [0.25, 0.3) is 6.08 Å². The zero-order chi connectivity index (χ0) is 12.3. The van der Waals surface area contributed by atoms with E-state index < -0.39 is 0 Å². The molecule has 0 unspecified atom stereocenters. The van der Waals surface area contributed by atoms with Gasteiger partial charge in [-0.25, -0.2) is 0 Å². The molecular weight excluding hydrogens is 214 g/mol. The van der Waals surface area contributed by atoms with E-state index in [4.69, 9.17) is 9.47 Å². The summed E-state index contributed by atoms with van der Waals surface area (Å²) in [7, 11) is 1.70. The Balaban J connectivity index is 2.41. The Hall–Kier alpha value is -1.32. The van der Waals surface area contributed by atoms with Crippen LogP contribution >= 0.6 is 0 Å². The summed E-state index contributed by atoms with van der Waals surface area (Å²) in [6.45, 7) is 5.13. The van der Waals surface area contributed by atoms with E-state index in [0.29, 0.717) is 6.61 Å². The predicted molar refractivity (Wildman–Crippen MR) is 71.4 cm³/mol. The molecule has 17 heavy (non-hydrogen) atoms. The first-order valence-corrected chi connectivity index (χ1v) is 5.96. The third kappa shape index (κ3) is 5.52. The van der Waals surface area contributed by atoms with E-state index in [1.165, 1.54) is 0 Å². The molecule has 0 aromatic heterocycles. The highest BCUT2D eigenvalue weighted by atomic mass is 16.5. The quantitative estimate of drug-likeness (QED) is 0.702. The summed E-state index contributed by atoms with van der Waals surface area (Å²) >= 11 is 0. The van der Waals surface area contributed by atoms with Crippen LogP contribution < -0.4 is 10.1 Å². The number of ether oxygens (including phenoxy) is 2. The van der Waals surface area contributed by atoms with E-state index in [0.717, 1.165) is 31.0 Å². The molecule has 1 aromatic carbocycles. The van der Waals surface area contributed by atoms with Gasteiger partial charge in [0.05, 0.1) is 13.2 Å². The minimum Gasteiger partial charge on any atom is -0.493 e. The van der Waals surface area contributed by atoms with Gasteiger partial charge in [0.25, 0.3) is 0 Å². The molecule has 3 nitrogen and oxygen atoms in total. The summed E-state index contributed by atoms with van der Waals surface area (Å²) in [5.41, 5.74) is 1.11. The number of para-hydroxylation sites is 1. The molecule has 1 rings (SSSR count). The lowest BCUT2D eigenvalue weighted by molar-refractivity contribution is 0.200. The molecule has 0 radical (unpaired) electrons. The van der Waals surface area contributed by atoms with E-state index in [9.17, 15) is 0 Å². The molecule has 0 saturated carbocycles. The van der Waals surface area contributed by atoms with Crippen LogP contribution in [-0.4, -0.2) is 33.4 Å². The summed E-state index contributed by atoms with van der Waals surface area (Å²) in [5, 5.41) is 3.26. The average Bonchev–Trinajstić information content (AvgIpc) is 2.36. The van der Waals surface area contributed by atoms with Crippen molar-refractivity contribution < 1.29 is 9.47 Å². The molecule has 0 heterocycles. The maximum absolute atomic E-state index is 5.54. The van der Waals surface area contributed by atoms with Crippen molar-refractivity contribution in [2.24, 2.45) is 0 Å². The molecule has 0 atom stereocenters. The fourth-order valence-electron chi connectivity index (χ4n) is 1.45. The zero-order valence-corrected chi connectivity index (χ0v) is 10.6. The lowest BCUT2D eigenvalue weighted by atomic mass is 10.2. The van der Waals surface area contributed by atoms with Gasteiger partial charge in [0, 0.05) is 25.8 Å². The van der Waals surface area contributed by atoms with Crippen molar-refractivity contribution in [1.29, 1.82) is 0 Å². The Kier molecular flexibility index (Phi) is 7.11. The van der Waals surface area contributed by atoms with Crippen LogP contribution in [0.2, 0.25) is 0 Å². The van der Waals surface area contributed by atoms with E-state index in [1.54, 1.807) is 7.11 Å². The largest absolute Gasteiger partial charge is 0.493 e. The maximum atomic E-state index is 5.54. The van der Waals surface area contributed by atoms with Crippen molar-refractivity contribution in [3.05, 3.63) is 35.9 Å². The lowest BCUT2D eigenvalue weighted by Crippen LogP contribution is -2.18. The molecule has 0 aliphatic rings. The van der Waals surface area contributed by atoms with Gasteiger partial charge in [-0.05, 0) is 13.0 Å². The molecule has 0 aliphatic carbocycles. The van der Waals surface area contributed by atoms with Gasteiger partial charge in [-0.1, -0.05) is 30.4 Å². The minimum absolute atomic E-state index is 0.691. The van der Waals surface area contributed by atoms with Gasteiger partial charge < -0.3 is 14.8 Å². The number of methoxy groups -OCH3 is 1. The van der Waals surface area contributed by atoms with E-state index in [1.807, 2.05) is 25.1 Å². The number of rotatable bonds is 8. The number of hydrogen-bond acceptors (Lipinski definition) is 3. The van der Waals surface area contributed by atoms with Crippen molar-refractivity contribution in [1.82, 2.24) is 5.32 Å². The SMILES string of the molecule is CCOc1ccccc1C=CCNCCOC. The number of benzene rings is 1. The molecule has 94 valence electrons. The van der Waals surface area contributed by atoms with Crippen LogP contribution in [-0.2, 0) is 4.74 Å². The summed E-state index contributed by atoms with van der Waals surface area (Å²) in [6, 6.07) is 8.04. The molecular formula is C14H21NO2. The van der Waals surface area contributed by atoms with Gasteiger partial charge in [-0.2, -0.15) is 0 Å². The van der Waals surface area contributed by atoms with Crippen molar-refractivity contribution in [2.75, 3.05) is 33.4 Å². The van der Waals surface area contributed by atoms with Crippen LogP contribution in [0.1, 0.15) is 12.5 Å². The van der Waals surface area contributed by atoms with Gasteiger partial charge >= 0.3 is 0 Å². The van der Waals surface area contributed by atoms with E-state index in [-0.39, 0.29) is 0 Å². The van der Waals surface area contributed by atoms with Gasteiger partial charge in [-0.3, -0.25) is 0 Å². The summed E-state index contributed by atoms with van der Waals surface area (Å²) in [5.74, 6) is 0.933. The first-order chi connectivity index (χ1) is 8.38. The second-order valence-corrected chi connectivity index (χ2v) is 3.57. The third-order valence-electron chi connectivity index (χ3n) is 2.26. The predicted octanol–water partition coefficient (Wildman–Crippen LogP) is 2.33. The summed E-state index contributed by atoms with van der Waals surface area (Å²) in [4.78, 5) is 0. The first kappa shape index (κ1) is 13.7. The highest BCUT2D eigenvalue weighted by molar-refractivity contribution is 5.57. The molecule has 1 aromatic rings. The standard InChI is InChI=1S/C14H21NO2/c1-3-17-14-9-5-4-7-13(14)8-6-10-15-11-12-16-2/h4-9,15H,3,10-12H2,1-2H3. The molecule has 0 bridgehead atoms. The van der Waals surface area contributed by atoms with Crippen molar-refractivity contribution in [3.63, 3.8) is 0 Å². The highest BCUT2D eigenvalue weighted by Gasteiger charge is 1.96. The second-order valence-electron chi connectivity index (χ2n) is 3.57. The smallest absolute Gasteiger partial charge is 0.126 e. The normalized spacial score (nSPS) is 10.9. The average molecular weight is 235 g/mol. The second kappa shape index (κ2) is 8.79. The molecule has 1 N–H and O–H groups in total. The number of hydrogen-bond donors (Lipinski definition) is 1. The first-order valence-electron chi connectivity index (χ1n) is 5.96. The summed E-state index contributed by atoms with van der Waals surface area (Å²) in [6.07, 6.45) is 4.16. The molecule has 0 aliphatic heterocycles. The maximum Gasteiger partial charge on any atom is 0.126 e. The van der Waals surface area contributed by atoms with Crippen LogP contribution in [0.5, 0.6) is 5.75 Å². The molecule has 3 heteroatoms. The van der Waals surface area contributed by atoms with Gasteiger partial charge in [0.15, 0.2) is 0 Å². The Morgan fingerprint density at radius 1 is 1.29 bits per heavy atom. The van der Waals surface area contributed by atoms with Crippen LogP contribution in [0.15, 0.2) is 30.3 Å². The minimum atomic E-state index is 0.691. The van der Waals surface area contributed by atoms with Crippen LogP contribution in [0.4, 0.5) is 0 Å². The molecule has 0 saturated heterocycles. The van der Waals surface area contributed by atoms with Crippen molar-refractivity contribution in [3.8, 4) is 5.75 Å². The highest BCUT2D eigenvalue weighted by Crippen LogP contribution is 2.18. The Bertz CT molecular complexity index is 337. The topological polar surface area (TPSA) is 30.5 Å². The third-order valence-corrected chi connectivity index (χ3v) is 2.26. The fraction of sp³-hybridized carbons (Fsp3) is 0.429. The van der Waals surface area contributed by atoms with Crippen LogP contribution in [0.3, 0.4) is 0 Å². The Morgan fingerprint density at radius 3 is 2.88 bits per heavy atom. The number of nitrogens with one attached hydrogen (secondary N) is 1. The Labute approximate surface area is 103 Å². The fourth-order valence-corrected chi connectivity index (χ4v) is 1.45. The molecule has 0 spiro atoms. The Morgan fingerprint density at radius 2 is 2.12 bits per heavy atom. The van der Waals surface area contributed by atoms with E-state index >= 15 is 0 Å². The van der Waals surface area contributed by atoms with Crippen molar-refractivity contribution >= 4 is 6.08 Å². The van der Waals surface area contributed by atoms with E-state index in [2.05, 4.69) is 23.5 Å². The molecule has 0 amide bonds. The van der Waals surface area contributed by atoms with Gasteiger partial charge in [-0.15, -0.1) is 0 Å². The van der Waals surface area contributed by atoms with Gasteiger partial charge in [0.1, 0.15) is 5.75 Å².